The fourth-order valence-electron chi connectivity index (χ4n) is 0.870. The Balaban J connectivity index is 2.42. The van der Waals surface area contributed by atoms with Crippen molar-refractivity contribution >= 4 is 38.8 Å². The number of rotatable bonds is 0. The number of amidine groups is 2. The van der Waals surface area contributed by atoms with Gasteiger partial charge in [-0.3, -0.25) is 9.79 Å². The van der Waals surface area contributed by atoms with Gasteiger partial charge in [-0.2, -0.15) is 0 Å². The number of aliphatic imine (C=N–C) groups is 3. The third-order valence-corrected chi connectivity index (χ3v) is 1.71. The molecule has 0 radical (unpaired) electrons. The average molecular weight is 215 g/mol. The van der Waals surface area contributed by atoms with Crippen LogP contribution in [0.4, 0.5) is 0 Å². The molecule has 56 valence electrons. The Labute approximate surface area is 70.5 Å². The van der Waals surface area contributed by atoms with Gasteiger partial charge in [-0.05, 0) is 15.9 Å². The van der Waals surface area contributed by atoms with Crippen molar-refractivity contribution in [3.63, 3.8) is 0 Å². The van der Waals surface area contributed by atoms with E-state index in [1.165, 1.54) is 6.34 Å². The van der Waals surface area contributed by atoms with Crippen LogP contribution in [0.15, 0.2) is 15.0 Å². The highest BCUT2D eigenvalue weighted by Gasteiger charge is 2.30. The molecule has 0 aromatic carbocycles. The molecule has 6 heteroatoms. The third-order valence-electron chi connectivity index (χ3n) is 1.34. The van der Waals surface area contributed by atoms with E-state index in [2.05, 4.69) is 36.2 Å². The minimum Gasteiger partial charge on any atom is -0.302 e. The molecule has 0 aromatic heterocycles. The molecule has 0 saturated carbocycles. The first-order valence-electron chi connectivity index (χ1n) is 2.92. The second-order valence-corrected chi connectivity index (χ2v) is 2.80. The van der Waals surface area contributed by atoms with E-state index in [1.54, 1.807) is 0 Å². The van der Waals surface area contributed by atoms with Crippen molar-refractivity contribution in [2.24, 2.45) is 15.0 Å². The van der Waals surface area contributed by atoms with E-state index in [9.17, 15) is 4.79 Å². The summed E-state index contributed by atoms with van der Waals surface area (Å²) in [6, 6.07) is -0.531. The van der Waals surface area contributed by atoms with Crippen molar-refractivity contribution in [1.29, 1.82) is 0 Å². The Hall–Kier alpha value is -1.04. The van der Waals surface area contributed by atoms with Crippen molar-refractivity contribution in [3.05, 3.63) is 0 Å². The Kier molecular flexibility index (Phi) is 1.35. The first kappa shape index (κ1) is 6.66. The smallest absolute Gasteiger partial charge is 0.258 e. The number of carbonyl (C=O) groups is 1. The topological polar surface area (TPSA) is 66.2 Å². The maximum atomic E-state index is 11.1. The molecule has 2 aliphatic heterocycles. The zero-order valence-electron chi connectivity index (χ0n) is 5.28. The van der Waals surface area contributed by atoms with Gasteiger partial charge in [-0.15, -0.1) is 0 Å². The average Bonchev–Trinajstić information content (AvgIpc) is 2.34. The number of halogens is 1. The largest absolute Gasteiger partial charge is 0.302 e. The standard InChI is InChI=1S/C5H3BrN4O/c6-5-9-3-2(4(11)10-5)7-1-8-3/h1-2H,(H,7,8,9,10,11). The molecule has 0 bridgehead atoms. The highest BCUT2D eigenvalue weighted by Crippen LogP contribution is 2.09. The van der Waals surface area contributed by atoms with Crippen molar-refractivity contribution in [1.82, 2.24) is 5.32 Å². The highest BCUT2D eigenvalue weighted by molar-refractivity contribution is 9.18. The van der Waals surface area contributed by atoms with Gasteiger partial charge in [0.2, 0.25) is 0 Å². The molecule has 11 heavy (non-hydrogen) atoms. The maximum Gasteiger partial charge on any atom is 0.258 e. The molecule has 0 fully saturated rings. The van der Waals surface area contributed by atoms with E-state index in [1.807, 2.05) is 0 Å². The van der Waals surface area contributed by atoms with Crippen LogP contribution in [0.3, 0.4) is 0 Å². The molecule has 5 nitrogen and oxygen atoms in total. The molecule has 1 unspecified atom stereocenters. The Morgan fingerprint density at radius 2 is 2.45 bits per heavy atom. The van der Waals surface area contributed by atoms with Gasteiger partial charge in [-0.25, -0.2) is 9.98 Å². The molecule has 1 atom stereocenters. The fourth-order valence-corrected chi connectivity index (χ4v) is 1.25. The number of fused-ring (bicyclic) bond motifs is 1. The van der Waals surface area contributed by atoms with Crippen LogP contribution in [-0.4, -0.2) is 28.9 Å². The van der Waals surface area contributed by atoms with E-state index in [0.29, 0.717) is 10.6 Å². The second kappa shape index (κ2) is 2.23. The van der Waals surface area contributed by atoms with Crippen LogP contribution in [0.5, 0.6) is 0 Å². The van der Waals surface area contributed by atoms with Gasteiger partial charge in [-0.1, -0.05) is 0 Å². The number of amides is 1. The number of hydrogen-bond donors (Lipinski definition) is 1. The van der Waals surface area contributed by atoms with Crippen LogP contribution >= 0.6 is 15.9 Å². The predicted molar refractivity (Wildman–Crippen MR) is 44.2 cm³/mol. The second-order valence-electron chi connectivity index (χ2n) is 2.05. The molecule has 2 aliphatic rings. The lowest BCUT2D eigenvalue weighted by Crippen LogP contribution is -2.43. The van der Waals surface area contributed by atoms with Crippen LogP contribution in [-0.2, 0) is 4.79 Å². The molecule has 2 heterocycles. The van der Waals surface area contributed by atoms with E-state index in [4.69, 9.17) is 0 Å². The van der Waals surface area contributed by atoms with Gasteiger partial charge in [0.15, 0.2) is 16.6 Å². The first-order chi connectivity index (χ1) is 5.27. The van der Waals surface area contributed by atoms with Crippen molar-refractivity contribution in [2.45, 2.75) is 6.04 Å². The first-order valence-corrected chi connectivity index (χ1v) is 3.71. The summed E-state index contributed by atoms with van der Waals surface area (Å²) < 4.78 is 0.392. The minimum absolute atomic E-state index is 0.195. The number of carbonyl (C=O) groups excluding carboxylic acids is 1. The summed E-state index contributed by atoms with van der Waals surface area (Å²) in [6.45, 7) is 0. The van der Waals surface area contributed by atoms with Gasteiger partial charge in [0.05, 0.1) is 0 Å². The lowest BCUT2D eigenvalue weighted by molar-refractivity contribution is -0.119. The van der Waals surface area contributed by atoms with E-state index in [0.717, 1.165) is 0 Å². The van der Waals surface area contributed by atoms with Gasteiger partial charge >= 0.3 is 0 Å². The lowest BCUT2D eigenvalue weighted by atomic mass is 10.2. The lowest BCUT2D eigenvalue weighted by Gasteiger charge is -2.12. The van der Waals surface area contributed by atoms with E-state index < -0.39 is 6.04 Å². The molecule has 0 aromatic rings. The Morgan fingerprint density at radius 1 is 1.64 bits per heavy atom. The number of nitrogens with one attached hydrogen (secondary N) is 1. The SMILES string of the molecule is O=C1NC(Br)=NC2=NC=NC12. The number of hydrogen-bond acceptors (Lipinski definition) is 4. The van der Waals surface area contributed by atoms with Crippen LogP contribution in [0.1, 0.15) is 0 Å². The molecule has 1 amide bonds. The van der Waals surface area contributed by atoms with Crippen LogP contribution < -0.4 is 5.32 Å². The Morgan fingerprint density at radius 3 is 3.27 bits per heavy atom. The van der Waals surface area contributed by atoms with Crippen LogP contribution in [0.2, 0.25) is 0 Å². The van der Waals surface area contributed by atoms with E-state index in [-0.39, 0.29) is 5.91 Å². The zero-order valence-corrected chi connectivity index (χ0v) is 6.87. The summed E-state index contributed by atoms with van der Waals surface area (Å²) >= 11 is 3.05. The van der Waals surface area contributed by atoms with Gasteiger partial charge in [0.1, 0.15) is 6.34 Å². The maximum absolute atomic E-state index is 11.1. The highest BCUT2D eigenvalue weighted by atomic mass is 79.9. The quantitative estimate of drug-likeness (QED) is 0.552. The fraction of sp³-hybridized carbons (Fsp3) is 0.200. The summed E-state index contributed by atoms with van der Waals surface area (Å²) in [6.07, 6.45) is 1.34. The summed E-state index contributed by atoms with van der Waals surface area (Å²) in [5.41, 5.74) is 0. The van der Waals surface area contributed by atoms with Gasteiger partial charge in [0, 0.05) is 0 Å². The molecular formula is C5H3BrN4O. The van der Waals surface area contributed by atoms with Gasteiger partial charge < -0.3 is 5.32 Å². The summed E-state index contributed by atoms with van der Waals surface area (Å²) in [4.78, 5) is 22.6. The summed E-state index contributed by atoms with van der Waals surface area (Å²) in [5.74, 6) is 0.250. The summed E-state index contributed by atoms with van der Waals surface area (Å²) in [5, 5.41) is 2.48. The minimum atomic E-state index is -0.531. The normalized spacial score (nSPS) is 27.4. The third kappa shape index (κ3) is 0.988. The molecule has 0 aliphatic carbocycles. The predicted octanol–water partition coefficient (Wildman–Crippen LogP) is -0.324. The van der Waals surface area contributed by atoms with Crippen LogP contribution in [0, 0.1) is 0 Å². The van der Waals surface area contributed by atoms with Crippen LogP contribution in [0.25, 0.3) is 0 Å². The van der Waals surface area contributed by atoms with Gasteiger partial charge in [0.25, 0.3) is 5.91 Å². The van der Waals surface area contributed by atoms with Crippen molar-refractivity contribution in [3.8, 4) is 0 Å². The van der Waals surface area contributed by atoms with Crippen molar-refractivity contribution < 1.29 is 4.79 Å². The molecular weight excluding hydrogens is 212 g/mol. The monoisotopic (exact) mass is 214 g/mol. The summed E-state index contributed by atoms with van der Waals surface area (Å²) in [7, 11) is 0. The van der Waals surface area contributed by atoms with Crippen molar-refractivity contribution in [2.75, 3.05) is 0 Å². The zero-order chi connectivity index (χ0) is 7.84. The molecule has 0 saturated heterocycles. The molecule has 0 spiro atoms. The Bertz CT molecular complexity index is 306. The molecule has 1 N–H and O–H groups in total. The number of nitrogens with zero attached hydrogens (tertiary/aromatic N) is 3. The molecule has 2 rings (SSSR count). The van der Waals surface area contributed by atoms with E-state index >= 15 is 0 Å².